The molecule has 0 radical (unpaired) electrons. The van der Waals surface area contributed by atoms with E-state index in [0.717, 1.165) is 47.9 Å². The highest BCUT2D eigenvalue weighted by Gasteiger charge is 2.23. The quantitative estimate of drug-likeness (QED) is 0.654. The van der Waals surface area contributed by atoms with Gasteiger partial charge in [-0.15, -0.1) is 0 Å². The average molecular weight is 412 g/mol. The van der Waals surface area contributed by atoms with E-state index < -0.39 is 6.10 Å². The summed E-state index contributed by atoms with van der Waals surface area (Å²) < 4.78 is 5.84. The molecule has 29 heavy (non-hydrogen) atoms. The summed E-state index contributed by atoms with van der Waals surface area (Å²) in [6, 6.07) is 20.5. The lowest BCUT2D eigenvalue weighted by Crippen LogP contribution is -3.16. The maximum atomic E-state index is 10.4. The fraction of sp³-hybridized carbons (Fsp3) is 0.333. The Morgan fingerprint density at radius 1 is 1.03 bits per heavy atom. The molecule has 0 unspecified atom stereocenters. The van der Waals surface area contributed by atoms with Crippen molar-refractivity contribution in [3.05, 3.63) is 71.2 Å². The molecule has 1 heterocycles. The van der Waals surface area contributed by atoms with Crippen LogP contribution in [0.25, 0.3) is 10.8 Å². The minimum atomic E-state index is -0.475. The van der Waals surface area contributed by atoms with Gasteiger partial charge in [0.2, 0.25) is 0 Å². The molecule has 4 nitrogen and oxygen atoms in total. The molecule has 1 atom stereocenters. The van der Waals surface area contributed by atoms with Crippen molar-refractivity contribution in [1.29, 1.82) is 0 Å². The molecule has 0 aromatic heterocycles. The molecule has 1 fully saturated rings. The van der Waals surface area contributed by atoms with Gasteiger partial charge in [0.25, 0.3) is 0 Å². The summed E-state index contributed by atoms with van der Waals surface area (Å²) in [5, 5.41) is 13.6. The number of nitrogens with one attached hydrogen (secondary N) is 1. The normalized spacial score (nSPS) is 16.2. The summed E-state index contributed by atoms with van der Waals surface area (Å²) in [7, 11) is 0. The molecule has 3 aromatic rings. The molecule has 0 spiro atoms. The van der Waals surface area contributed by atoms with Crippen LogP contribution in [0.4, 0.5) is 5.69 Å². The predicted octanol–water partition coefficient (Wildman–Crippen LogP) is 2.95. The van der Waals surface area contributed by atoms with Crippen LogP contribution in [0, 0.1) is 6.92 Å². The van der Waals surface area contributed by atoms with Crippen molar-refractivity contribution >= 4 is 28.1 Å². The molecule has 152 valence electrons. The van der Waals surface area contributed by atoms with Crippen LogP contribution < -0.4 is 14.5 Å². The Hall–Kier alpha value is -2.27. The van der Waals surface area contributed by atoms with E-state index in [9.17, 15) is 5.11 Å². The molecule has 0 bridgehead atoms. The molecule has 5 heteroatoms. The fourth-order valence-electron chi connectivity index (χ4n) is 3.91. The largest absolute Gasteiger partial charge is 0.491 e. The third kappa shape index (κ3) is 5.02. The highest BCUT2D eigenvalue weighted by atomic mass is 35.5. The minimum absolute atomic E-state index is 0.319. The van der Waals surface area contributed by atoms with Crippen LogP contribution in [-0.2, 0) is 0 Å². The van der Waals surface area contributed by atoms with Crippen LogP contribution in [0.5, 0.6) is 5.75 Å². The van der Waals surface area contributed by atoms with Gasteiger partial charge in [-0.2, -0.15) is 0 Å². The highest BCUT2D eigenvalue weighted by Crippen LogP contribution is 2.23. The van der Waals surface area contributed by atoms with Crippen LogP contribution in [0.1, 0.15) is 5.56 Å². The number of rotatable bonds is 6. The third-order valence-electron chi connectivity index (χ3n) is 5.68. The smallest absolute Gasteiger partial charge is 0.137 e. The third-order valence-corrected chi connectivity index (χ3v) is 6.09. The molecule has 4 rings (SSSR count). The number of ether oxygens (including phenoxy) is 1. The monoisotopic (exact) mass is 411 g/mol. The van der Waals surface area contributed by atoms with Crippen LogP contribution in [0.15, 0.2) is 60.7 Å². The predicted molar refractivity (Wildman–Crippen MR) is 119 cm³/mol. The molecule has 1 aliphatic rings. The first kappa shape index (κ1) is 20.0. The topological polar surface area (TPSA) is 37.1 Å². The number of fused-ring (bicyclic) bond motifs is 1. The van der Waals surface area contributed by atoms with Crippen molar-refractivity contribution in [3.63, 3.8) is 0 Å². The van der Waals surface area contributed by atoms with Gasteiger partial charge >= 0.3 is 0 Å². The van der Waals surface area contributed by atoms with Gasteiger partial charge in [-0.1, -0.05) is 48.0 Å². The van der Waals surface area contributed by atoms with Crippen molar-refractivity contribution in [2.24, 2.45) is 0 Å². The molecule has 2 N–H and O–H groups in total. The number of aliphatic hydroxyl groups is 1. The van der Waals surface area contributed by atoms with E-state index in [1.807, 2.05) is 37.3 Å². The standard InChI is InChI=1S/C24H27ClN2O2/c1-18-6-8-21(15-24(18)25)27-12-10-26(11-13-27)16-22(28)17-29-23-9-7-19-4-2-3-5-20(19)14-23/h2-9,14-15,22,28H,10-13,16-17H2,1H3/p+1/t22-/m0/s1. The lowest BCUT2D eigenvalue weighted by atomic mass is 10.1. The van der Waals surface area contributed by atoms with Crippen molar-refractivity contribution < 1.29 is 14.7 Å². The Morgan fingerprint density at radius 3 is 2.55 bits per heavy atom. The van der Waals surface area contributed by atoms with E-state index in [-0.39, 0.29) is 0 Å². The van der Waals surface area contributed by atoms with E-state index in [1.165, 1.54) is 16.0 Å². The zero-order valence-corrected chi connectivity index (χ0v) is 17.5. The zero-order chi connectivity index (χ0) is 20.2. The first-order valence-electron chi connectivity index (χ1n) is 10.2. The second-order valence-corrected chi connectivity index (χ2v) is 8.26. The Kier molecular flexibility index (Phi) is 6.24. The summed E-state index contributed by atoms with van der Waals surface area (Å²) in [5.41, 5.74) is 2.29. The number of anilines is 1. The molecule has 0 aliphatic carbocycles. The van der Waals surface area contributed by atoms with Gasteiger partial charge in [0.15, 0.2) is 0 Å². The van der Waals surface area contributed by atoms with Crippen molar-refractivity contribution in [1.82, 2.24) is 0 Å². The van der Waals surface area contributed by atoms with E-state index in [4.69, 9.17) is 16.3 Å². The van der Waals surface area contributed by atoms with Gasteiger partial charge in [0.1, 0.15) is 25.0 Å². The summed E-state index contributed by atoms with van der Waals surface area (Å²) in [6.07, 6.45) is -0.475. The lowest BCUT2D eigenvalue weighted by Gasteiger charge is -2.34. The second-order valence-electron chi connectivity index (χ2n) is 7.85. The Balaban J connectivity index is 1.25. The summed E-state index contributed by atoms with van der Waals surface area (Å²) in [5.74, 6) is 0.804. The van der Waals surface area contributed by atoms with Gasteiger partial charge in [0, 0.05) is 10.7 Å². The van der Waals surface area contributed by atoms with Gasteiger partial charge in [-0.25, -0.2) is 0 Å². The van der Waals surface area contributed by atoms with Crippen molar-refractivity contribution in [2.75, 3.05) is 44.2 Å². The number of aryl methyl sites for hydroxylation is 1. The molecular weight excluding hydrogens is 384 g/mol. The van der Waals surface area contributed by atoms with Crippen molar-refractivity contribution in [3.8, 4) is 5.75 Å². The molecule has 0 amide bonds. The summed E-state index contributed by atoms with van der Waals surface area (Å²) in [4.78, 5) is 3.78. The number of piperazine rings is 1. The van der Waals surface area contributed by atoms with E-state index in [0.29, 0.717) is 13.2 Å². The zero-order valence-electron chi connectivity index (χ0n) is 16.8. The summed E-state index contributed by atoms with van der Waals surface area (Å²) in [6.45, 7) is 6.97. The number of halogens is 1. The minimum Gasteiger partial charge on any atom is -0.491 e. The maximum Gasteiger partial charge on any atom is 0.137 e. The Labute approximate surface area is 177 Å². The van der Waals surface area contributed by atoms with Gasteiger partial charge in [-0.05, 0) is 47.5 Å². The number of aliphatic hydroxyl groups excluding tert-OH is 1. The first-order valence-corrected chi connectivity index (χ1v) is 10.6. The van der Waals surface area contributed by atoms with E-state index in [1.54, 1.807) is 0 Å². The molecule has 1 aliphatic heterocycles. The van der Waals surface area contributed by atoms with E-state index >= 15 is 0 Å². The van der Waals surface area contributed by atoms with Crippen LogP contribution >= 0.6 is 11.6 Å². The van der Waals surface area contributed by atoms with E-state index in [2.05, 4.69) is 35.2 Å². The average Bonchev–Trinajstić information content (AvgIpc) is 2.75. The highest BCUT2D eigenvalue weighted by molar-refractivity contribution is 6.31. The van der Waals surface area contributed by atoms with Crippen LogP contribution in [-0.4, -0.2) is 50.5 Å². The van der Waals surface area contributed by atoms with Gasteiger partial charge in [-0.3, -0.25) is 0 Å². The molecule has 1 saturated heterocycles. The first-order chi connectivity index (χ1) is 14.1. The Bertz CT molecular complexity index is 970. The second kappa shape index (κ2) is 9.04. The SMILES string of the molecule is Cc1ccc(N2CC[NH+](C[C@H](O)COc3ccc4ccccc4c3)CC2)cc1Cl. The number of benzene rings is 3. The maximum absolute atomic E-state index is 10.4. The molecule has 0 saturated carbocycles. The number of hydrogen-bond donors (Lipinski definition) is 2. The number of hydrogen-bond acceptors (Lipinski definition) is 3. The molecule has 3 aromatic carbocycles. The fourth-order valence-corrected chi connectivity index (χ4v) is 4.08. The van der Waals surface area contributed by atoms with Crippen LogP contribution in [0.2, 0.25) is 5.02 Å². The number of quaternary nitrogens is 1. The van der Waals surface area contributed by atoms with Crippen LogP contribution in [0.3, 0.4) is 0 Å². The van der Waals surface area contributed by atoms with Crippen molar-refractivity contribution in [2.45, 2.75) is 13.0 Å². The number of nitrogens with zero attached hydrogens (tertiary/aromatic N) is 1. The molecular formula is C24H28ClN2O2+. The van der Waals surface area contributed by atoms with Gasteiger partial charge < -0.3 is 19.6 Å². The Morgan fingerprint density at radius 2 is 1.79 bits per heavy atom. The van der Waals surface area contributed by atoms with Gasteiger partial charge in [0.05, 0.1) is 26.2 Å². The lowest BCUT2D eigenvalue weighted by molar-refractivity contribution is -0.903. The summed E-state index contributed by atoms with van der Waals surface area (Å²) >= 11 is 6.27.